The maximum absolute atomic E-state index is 12.2. The zero-order valence-corrected chi connectivity index (χ0v) is 11.1. The number of halogens is 1. The van der Waals surface area contributed by atoms with Crippen LogP contribution >= 0.6 is 16.1 Å². The van der Waals surface area contributed by atoms with Crippen molar-refractivity contribution in [2.75, 3.05) is 0 Å². The molecule has 0 amide bonds. The summed E-state index contributed by atoms with van der Waals surface area (Å²) in [5, 5.41) is 4.67. The van der Waals surface area contributed by atoms with Crippen molar-refractivity contribution in [1.29, 1.82) is 0 Å². The fraction of sp³-hybridized carbons (Fsp3) is 0.455. The lowest BCUT2D eigenvalue weighted by molar-refractivity contribution is 0.400. The van der Waals surface area contributed by atoms with Crippen molar-refractivity contribution in [2.24, 2.45) is 5.92 Å². The van der Waals surface area contributed by atoms with Gasteiger partial charge >= 0.3 is 0 Å². The molecule has 86 valence electrons. The van der Waals surface area contributed by atoms with Crippen LogP contribution in [0.3, 0.4) is 0 Å². The minimum Gasteiger partial charge on any atom is -0.312 e. The molecule has 0 saturated carbocycles. The number of aromatic nitrogens is 3. The Morgan fingerprint density at radius 2 is 2.06 bits per heavy atom. The topological polar surface area (TPSA) is 39.8 Å². The Morgan fingerprint density at radius 1 is 1.38 bits per heavy atom. The first-order chi connectivity index (χ1) is 7.52. The van der Waals surface area contributed by atoms with Crippen LogP contribution in [0.25, 0.3) is 10.9 Å². The molecule has 2 rings (SSSR count). The Balaban J connectivity index is 2.66. The molecule has 0 spiro atoms. The molecule has 1 unspecified atom stereocenters. The van der Waals surface area contributed by atoms with E-state index in [1.54, 1.807) is 10.8 Å². The van der Waals surface area contributed by atoms with Crippen LogP contribution in [-0.2, 0) is 0 Å². The van der Waals surface area contributed by atoms with Crippen LogP contribution < -0.4 is 5.56 Å². The molecule has 0 aromatic carbocycles. The summed E-state index contributed by atoms with van der Waals surface area (Å²) >= 11 is 3.25. The van der Waals surface area contributed by atoms with E-state index in [2.05, 4.69) is 42.0 Å². The summed E-state index contributed by atoms with van der Waals surface area (Å²) in [6.07, 6.45) is 3.42. The highest BCUT2D eigenvalue weighted by molar-refractivity contribution is 9.08. The Labute approximate surface area is 102 Å². The van der Waals surface area contributed by atoms with E-state index in [9.17, 15) is 4.79 Å². The van der Waals surface area contributed by atoms with E-state index < -0.39 is 0 Å². The lowest BCUT2D eigenvalue weighted by Crippen LogP contribution is -2.25. The second-order valence-corrected chi connectivity index (χ2v) is 4.99. The molecular formula is C11H14BrN3O. The van der Waals surface area contributed by atoms with E-state index in [0.29, 0.717) is 11.3 Å². The van der Waals surface area contributed by atoms with Gasteiger partial charge in [-0.15, -0.1) is 0 Å². The predicted octanol–water partition coefficient (Wildman–Crippen LogP) is 2.57. The molecule has 0 aliphatic heterocycles. The Bertz CT molecular complexity index is 570. The quantitative estimate of drug-likeness (QED) is 0.850. The standard InChI is InChI=1S/C11H14BrN3O/c1-7(2)8(3)14-5-4-10-9(11(14)16)6-13-15(10)12/h4-8H,1-3H3. The first kappa shape index (κ1) is 11.4. The molecule has 0 aliphatic carbocycles. The first-order valence-electron chi connectivity index (χ1n) is 5.27. The maximum Gasteiger partial charge on any atom is 0.261 e. The molecule has 0 saturated heterocycles. The van der Waals surface area contributed by atoms with Crippen molar-refractivity contribution in [3.8, 4) is 0 Å². The van der Waals surface area contributed by atoms with Crippen LogP contribution in [0.4, 0.5) is 0 Å². The minimum atomic E-state index is 0.0180. The number of rotatable bonds is 2. The van der Waals surface area contributed by atoms with Gasteiger partial charge in [0, 0.05) is 12.2 Å². The van der Waals surface area contributed by atoms with Crippen molar-refractivity contribution in [2.45, 2.75) is 26.8 Å². The molecule has 0 radical (unpaired) electrons. The zero-order valence-electron chi connectivity index (χ0n) is 9.51. The Morgan fingerprint density at radius 3 is 2.69 bits per heavy atom. The van der Waals surface area contributed by atoms with E-state index in [0.717, 1.165) is 5.52 Å². The van der Waals surface area contributed by atoms with Gasteiger partial charge in [0.1, 0.15) is 0 Å². The second kappa shape index (κ2) is 4.05. The molecule has 2 aromatic heterocycles. The summed E-state index contributed by atoms with van der Waals surface area (Å²) in [5.41, 5.74) is 0.821. The normalized spacial score (nSPS) is 13.6. The summed E-state index contributed by atoms with van der Waals surface area (Å²) in [6.45, 7) is 6.26. The van der Waals surface area contributed by atoms with Gasteiger partial charge in [-0.05, 0) is 18.9 Å². The third-order valence-electron chi connectivity index (χ3n) is 3.02. The molecule has 0 fully saturated rings. The highest BCUT2D eigenvalue weighted by Gasteiger charge is 2.13. The summed E-state index contributed by atoms with van der Waals surface area (Å²) in [4.78, 5) is 12.2. The summed E-state index contributed by atoms with van der Waals surface area (Å²) in [6, 6.07) is 2.09. The van der Waals surface area contributed by atoms with Crippen molar-refractivity contribution in [3.63, 3.8) is 0 Å². The highest BCUT2D eigenvalue weighted by atomic mass is 79.9. The van der Waals surface area contributed by atoms with Crippen molar-refractivity contribution < 1.29 is 0 Å². The SMILES string of the molecule is CC(C)C(C)n1ccc2c(cnn2Br)c1=O. The van der Waals surface area contributed by atoms with Gasteiger partial charge in [-0.1, -0.05) is 13.8 Å². The van der Waals surface area contributed by atoms with Gasteiger partial charge in [-0.25, -0.2) is 0 Å². The molecular weight excluding hydrogens is 270 g/mol. The summed E-state index contributed by atoms with van der Waals surface area (Å²) in [7, 11) is 0. The van der Waals surface area contributed by atoms with E-state index >= 15 is 0 Å². The third-order valence-corrected chi connectivity index (χ3v) is 3.59. The van der Waals surface area contributed by atoms with Crippen LogP contribution in [-0.4, -0.2) is 13.4 Å². The van der Waals surface area contributed by atoms with Gasteiger partial charge in [0.25, 0.3) is 5.56 Å². The minimum absolute atomic E-state index is 0.0180. The number of hydrogen-bond donors (Lipinski definition) is 0. The highest BCUT2D eigenvalue weighted by Crippen LogP contribution is 2.17. The fourth-order valence-electron chi connectivity index (χ4n) is 1.65. The predicted molar refractivity (Wildman–Crippen MR) is 67.9 cm³/mol. The maximum atomic E-state index is 12.2. The molecule has 1 atom stereocenters. The first-order valence-corrected chi connectivity index (χ1v) is 5.98. The molecule has 0 bridgehead atoms. The van der Waals surface area contributed by atoms with Crippen molar-refractivity contribution in [1.82, 2.24) is 13.4 Å². The zero-order chi connectivity index (χ0) is 11.9. The fourth-order valence-corrected chi connectivity index (χ4v) is 2.05. The monoisotopic (exact) mass is 283 g/mol. The Kier molecular flexibility index (Phi) is 2.88. The molecule has 2 aromatic rings. The number of fused-ring (bicyclic) bond motifs is 1. The van der Waals surface area contributed by atoms with Crippen LogP contribution in [0.5, 0.6) is 0 Å². The van der Waals surface area contributed by atoms with Crippen LogP contribution in [0, 0.1) is 5.92 Å². The van der Waals surface area contributed by atoms with Crippen molar-refractivity contribution in [3.05, 3.63) is 28.8 Å². The van der Waals surface area contributed by atoms with Gasteiger partial charge in [-0.3, -0.25) is 4.79 Å². The van der Waals surface area contributed by atoms with E-state index in [-0.39, 0.29) is 11.6 Å². The molecule has 2 heterocycles. The second-order valence-electron chi connectivity index (χ2n) is 4.32. The lowest BCUT2D eigenvalue weighted by atomic mass is 10.1. The number of pyridine rings is 1. The van der Waals surface area contributed by atoms with Gasteiger partial charge < -0.3 is 4.57 Å². The largest absolute Gasteiger partial charge is 0.312 e. The van der Waals surface area contributed by atoms with Crippen LogP contribution in [0.2, 0.25) is 0 Å². The van der Waals surface area contributed by atoms with E-state index in [1.807, 2.05) is 12.3 Å². The summed E-state index contributed by atoms with van der Waals surface area (Å²) in [5.74, 6) is 0.425. The van der Waals surface area contributed by atoms with Gasteiger partial charge in [0.05, 0.1) is 33.2 Å². The Hall–Kier alpha value is -1.10. The average Bonchev–Trinajstić information content (AvgIpc) is 2.61. The molecule has 16 heavy (non-hydrogen) atoms. The smallest absolute Gasteiger partial charge is 0.261 e. The van der Waals surface area contributed by atoms with Crippen molar-refractivity contribution >= 4 is 27.1 Å². The van der Waals surface area contributed by atoms with Crippen LogP contribution in [0.1, 0.15) is 26.8 Å². The average molecular weight is 284 g/mol. The molecule has 4 nitrogen and oxygen atoms in total. The van der Waals surface area contributed by atoms with Gasteiger partial charge in [0.15, 0.2) is 0 Å². The van der Waals surface area contributed by atoms with Crippen LogP contribution in [0.15, 0.2) is 23.3 Å². The summed E-state index contributed by atoms with van der Waals surface area (Å²) < 4.78 is 3.30. The lowest BCUT2D eigenvalue weighted by Gasteiger charge is -2.18. The van der Waals surface area contributed by atoms with E-state index in [1.165, 1.54) is 3.71 Å². The third kappa shape index (κ3) is 1.69. The molecule has 0 aliphatic rings. The molecule has 0 N–H and O–H groups in total. The number of nitrogens with zero attached hydrogens (tertiary/aromatic N) is 3. The van der Waals surface area contributed by atoms with E-state index in [4.69, 9.17) is 0 Å². The van der Waals surface area contributed by atoms with Gasteiger partial charge in [0.2, 0.25) is 0 Å². The molecule has 5 heteroatoms. The van der Waals surface area contributed by atoms with Gasteiger partial charge in [-0.2, -0.15) is 8.81 Å². The number of hydrogen-bond acceptors (Lipinski definition) is 2.